The number of nitrogens with one attached hydrogen (secondary N) is 1. The van der Waals surface area contributed by atoms with Gasteiger partial charge in [0, 0.05) is 11.1 Å². The standard InChI is InChI=1S/C13H12ClN3S/c1-8-6-7-17-13(11(8)12(15)16)18-10-5-3-2-4-9(10)14/h2-7H,1H3,(H3,15,16). The zero-order valence-corrected chi connectivity index (χ0v) is 11.3. The average Bonchev–Trinajstić information content (AvgIpc) is 2.31. The van der Waals surface area contributed by atoms with Crippen LogP contribution in [0.2, 0.25) is 5.02 Å². The normalized spacial score (nSPS) is 10.3. The number of pyridine rings is 1. The fourth-order valence-electron chi connectivity index (χ4n) is 1.57. The van der Waals surface area contributed by atoms with Gasteiger partial charge in [0.2, 0.25) is 0 Å². The van der Waals surface area contributed by atoms with Gasteiger partial charge in [0.1, 0.15) is 10.9 Å². The molecule has 0 fully saturated rings. The van der Waals surface area contributed by atoms with Crippen molar-refractivity contribution in [2.75, 3.05) is 0 Å². The van der Waals surface area contributed by atoms with Crippen molar-refractivity contribution >= 4 is 29.2 Å². The molecule has 1 aromatic heterocycles. The molecule has 0 radical (unpaired) electrons. The van der Waals surface area contributed by atoms with Crippen molar-refractivity contribution in [2.45, 2.75) is 16.8 Å². The van der Waals surface area contributed by atoms with Crippen molar-refractivity contribution in [1.82, 2.24) is 4.98 Å². The zero-order chi connectivity index (χ0) is 13.1. The first-order valence-electron chi connectivity index (χ1n) is 5.32. The molecule has 0 spiro atoms. The minimum absolute atomic E-state index is 0.0233. The van der Waals surface area contributed by atoms with Crippen molar-refractivity contribution in [2.24, 2.45) is 5.73 Å². The Morgan fingerprint density at radius 1 is 1.33 bits per heavy atom. The number of aryl methyl sites for hydroxylation is 1. The lowest BCUT2D eigenvalue weighted by Gasteiger charge is -2.10. The molecule has 0 saturated heterocycles. The summed E-state index contributed by atoms with van der Waals surface area (Å²) < 4.78 is 0. The first kappa shape index (κ1) is 12.9. The number of benzene rings is 1. The lowest BCUT2D eigenvalue weighted by molar-refractivity contribution is 1.09. The van der Waals surface area contributed by atoms with Crippen molar-refractivity contribution in [1.29, 1.82) is 5.41 Å². The van der Waals surface area contributed by atoms with Crippen molar-refractivity contribution in [3.63, 3.8) is 0 Å². The van der Waals surface area contributed by atoms with Crippen LogP contribution in [0.25, 0.3) is 0 Å². The number of amidine groups is 1. The number of rotatable bonds is 3. The van der Waals surface area contributed by atoms with Gasteiger partial charge in [-0.15, -0.1) is 0 Å². The van der Waals surface area contributed by atoms with E-state index in [1.807, 2.05) is 37.3 Å². The molecule has 3 nitrogen and oxygen atoms in total. The van der Waals surface area contributed by atoms with E-state index in [1.165, 1.54) is 11.8 Å². The Balaban J connectivity index is 2.44. The molecule has 0 bridgehead atoms. The first-order chi connectivity index (χ1) is 8.59. The molecule has 0 aliphatic heterocycles. The van der Waals surface area contributed by atoms with Crippen LogP contribution in [-0.2, 0) is 0 Å². The minimum atomic E-state index is 0.0233. The van der Waals surface area contributed by atoms with Crippen LogP contribution in [0.3, 0.4) is 0 Å². The van der Waals surface area contributed by atoms with Crippen LogP contribution in [0.5, 0.6) is 0 Å². The van der Waals surface area contributed by atoms with Crippen LogP contribution in [0, 0.1) is 12.3 Å². The van der Waals surface area contributed by atoms with E-state index in [1.54, 1.807) is 6.20 Å². The van der Waals surface area contributed by atoms with Crippen LogP contribution in [0.4, 0.5) is 0 Å². The molecule has 0 unspecified atom stereocenters. The number of nitrogens with two attached hydrogens (primary N) is 1. The Morgan fingerprint density at radius 2 is 2.06 bits per heavy atom. The Hall–Kier alpha value is -1.52. The number of hydrogen-bond donors (Lipinski definition) is 2. The molecule has 18 heavy (non-hydrogen) atoms. The monoisotopic (exact) mass is 277 g/mol. The molecule has 2 aromatic rings. The number of hydrogen-bond acceptors (Lipinski definition) is 3. The fraction of sp³-hybridized carbons (Fsp3) is 0.0769. The van der Waals surface area contributed by atoms with E-state index in [0.29, 0.717) is 15.6 Å². The van der Waals surface area contributed by atoms with E-state index < -0.39 is 0 Å². The molecule has 0 atom stereocenters. The third-order valence-corrected chi connectivity index (χ3v) is 3.96. The van der Waals surface area contributed by atoms with Gasteiger partial charge in [0.25, 0.3) is 0 Å². The summed E-state index contributed by atoms with van der Waals surface area (Å²) in [5.74, 6) is 0.0233. The van der Waals surface area contributed by atoms with Crippen LogP contribution in [-0.4, -0.2) is 10.8 Å². The summed E-state index contributed by atoms with van der Waals surface area (Å²) in [4.78, 5) is 5.18. The van der Waals surface area contributed by atoms with Gasteiger partial charge in [0.15, 0.2) is 0 Å². The maximum absolute atomic E-state index is 7.63. The molecule has 2 rings (SSSR count). The van der Waals surface area contributed by atoms with Crippen molar-refractivity contribution in [3.05, 3.63) is 52.7 Å². The predicted molar refractivity (Wildman–Crippen MR) is 75.6 cm³/mol. The highest BCUT2D eigenvalue weighted by molar-refractivity contribution is 7.99. The predicted octanol–water partition coefficient (Wildman–Crippen LogP) is 3.48. The van der Waals surface area contributed by atoms with E-state index >= 15 is 0 Å². The van der Waals surface area contributed by atoms with E-state index in [-0.39, 0.29) is 5.84 Å². The molecule has 0 amide bonds. The second kappa shape index (κ2) is 5.42. The zero-order valence-electron chi connectivity index (χ0n) is 9.77. The Kier molecular flexibility index (Phi) is 3.89. The SMILES string of the molecule is Cc1ccnc(Sc2ccccc2Cl)c1C(=N)N. The summed E-state index contributed by atoms with van der Waals surface area (Å²) in [6, 6.07) is 9.38. The van der Waals surface area contributed by atoms with Gasteiger partial charge in [-0.25, -0.2) is 4.98 Å². The summed E-state index contributed by atoms with van der Waals surface area (Å²) in [7, 11) is 0. The summed E-state index contributed by atoms with van der Waals surface area (Å²) in [6.07, 6.45) is 1.71. The number of halogens is 1. The highest BCUT2D eigenvalue weighted by atomic mass is 35.5. The summed E-state index contributed by atoms with van der Waals surface area (Å²) in [5.41, 5.74) is 7.21. The average molecular weight is 278 g/mol. The molecule has 0 saturated carbocycles. The van der Waals surface area contributed by atoms with Gasteiger partial charge in [0.05, 0.1) is 10.6 Å². The molecular weight excluding hydrogens is 266 g/mol. The molecule has 5 heteroatoms. The maximum Gasteiger partial charge on any atom is 0.125 e. The second-order valence-electron chi connectivity index (χ2n) is 3.75. The molecule has 0 aliphatic carbocycles. The van der Waals surface area contributed by atoms with Crippen LogP contribution < -0.4 is 5.73 Å². The van der Waals surface area contributed by atoms with Gasteiger partial charge in [-0.1, -0.05) is 35.5 Å². The van der Waals surface area contributed by atoms with Gasteiger partial charge >= 0.3 is 0 Å². The van der Waals surface area contributed by atoms with E-state index in [2.05, 4.69) is 4.98 Å². The van der Waals surface area contributed by atoms with E-state index in [9.17, 15) is 0 Å². The number of aromatic nitrogens is 1. The molecule has 0 aliphatic rings. The number of nitrogen functional groups attached to an aromatic ring is 1. The largest absolute Gasteiger partial charge is 0.384 e. The molecule has 1 aromatic carbocycles. The minimum Gasteiger partial charge on any atom is -0.384 e. The maximum atomic E-state index is 7.63. The Morgan fingerprint density at radius 3 is 2.72 bits per heavy atom. The molecule has 92 valence electrons. The third-order valence-electron chi connectivity index (χ3n) is 2.44. The second-order valence-corrected chi connectivity index (χ2v) is 5.19. The Labute approximate surface area is 115 Å². The van der Waals surface area contributed by atoms with E-state index in [4.69, 9.17) is 22.7 Å². The van der Waals surface area contributed by atoms with Crippen LogP contribution >= 0.6 is 23.4 Å². The van der Waals surface area contributed by atoms with Gasteiger partial charge in [-0.2, -0.15) is 0 Å². The molecular formula is C13H12ClN3S. The van der Waals surface area contributed by atoms with Gasteiger partial charge in [-0.3, -0.25) is 5.41 Å². The number of nitrogens with zero attached hydrogens (tertiary/aromatic N) is 1. The smallest absolute Gasteiger partial charge is 0.125 e. The Bertz CT molecular complexity index is 599. The highest BCUT2D eigenvalue weighted by Gasteiger charge is 2.12. The van der Waals surface area contributed by atoms with Crippen LogP contribution in [0.1, 0.15) is 11.1 Å². The quantitative estimate of drug-likeness (QED) is 0.667. The third kappa shape index (κ3) is 2.66. The molecule has 3 N–H and O–H groups in total. The fourth-order valence-corrected chi connectivity index (χ4v) is 2.83. The lowest BCUT2D eigenvalue weighted by Crippen LogP contribution is -2.14. The van der Waals surface area contributed by atoms with Crippen molar-refractivity contribution in [3.8, 4) is 0 Å². The highest BCUT2D eigenvalue weighted by Crippen LogP contribution is 2.34. The summed E-state index contributed by atoms with van der Waals surface area (Å²) in [6.45, 7) is 1.91. The first-order valence-corrected chi connectivity index (χ1v) is 6.51. The van der Waals surface area contributed by atoms with Gasteiger partial charge in [-0.05, 0) is 30.7 Å². The summed E-state index contributed by atoms with van der Waals surface area (Å²) in [5, 5.41) is 9.00. The van der Waals surface area contributed by atoms with E-state index in [0.717, 1.165) is 10.5 Å². The van der Waals surface area contributed by atoms with Crippen molar-refractivity contribution < 1.29 is 0 Å². The molecule has 1 heterocycles. The topological polar surface area (TPSA) is 62.8 Å². The lowest BCUT2D eigenvalue weighted by atomic mass is 10.1. The van der Waals surface area contributed by atoms with Crippen LogP contribution in [0.15, 0.2) is 46.5 Å². The van der Waals surface area contributed by atoms with Gasteiger partial charge < -0.3 is 5.73 Å². The summed E-state index contributed by atoms with van der Waals surface area (Å²) >= 11 is 7.53.